The van der Waals surface area contributed by atoms with Gasteiger partial charge in [-0.15, -0.1) is 6.58 Å². The fraction of sp³-hybridized carbons (Fsp3) is 0.250. The largest absolute Gasteiger partial charge is 0.289 e. The molecule has 1 aromatic carbocycles. The number of carbonyl (C=O) groups excluding carboxylic acids is 1. The first kappa shape index (κ1) is 15.0. The molecule has 1 amide bonds. The van der Waals surface area contributed by atoms with E-state index in [0.717, 1.165) is 5.56 Å². The number of hydrogen-bond acceptors (Lipinski definition) is 3. The van der Waals surface area contributed by atoms with Gasteiger partial charge in [-0.3, -0.25) is 9.69 Å². The van der Waals surface area contributed by atoms with Crippen LogP contribution in [0.5, 0.6) is 0 Å². The van der Waals surface area contributed by atoms with E-state index in [-0.39, 0.29) is 5.91 Å². The summed E-state index contributed by atoms with van der Waals surface area (Å²) in [5.41, 5.74) is 4.69. The summed E-state index contributed by atoms with van der Waals surface area (Å²) in [6.07, 6.45) is 3.64. The molecule has 2 nitrogen and oxygen atoms in total. The first-order valence-corrected chi connectivity index (χ1v) is 7.60. The molecule has 0 radical (unpaired) electrons. The second-order valence-electron chi connectivity index (χ2n) is 4.89. The van der Waals surface area contributed by atoms with Gasteiger partial charge in [0.15, 0.2) is 0 Å². The summed E-state index contributed by atoms with van der Waals surface area (Å²) in [5.74, 6) is -0.0284. The SMILES string of the molecule is C=CCN1C(=O)/C(=C\c2c(C)cc(C)cc2C)SC1=S. The van der Waals surface area contributed by atoms with E-state index in [1.165, 1.54) is 28.5 Å². The average molecular weight is 303 g/mol. The molecule has 0 atom stereocenters. The van der Waals surface area contributed by atoms with Gasteiger partial charge in [-0.2, -0.15) is 0 Å². The van der Waals surface area contributed by atoms with Gasteiger partial charge in [0.25, 0.3) is 5.91 Å². The van der Waals surface area contributed by atoms with Gasteiger partial charge in [-0.1, -0.05) is 47.8 Å². The highest BCUT2D eigenvalue weighted by molar-refractivity contribution is 8.26. The molecule has 0 N–H and O–H groups in total. The molecule has 0 unspecified atom stereocenters. The Morgan fingerprint density at radius 1 is 1.30 bits per heavy atom. The van der Waals surface area contributed by atoms with E-state index < -0.39 is 0 Å². The van der Waals surface area contributed by atoms with Crippen LogP contribution < -0.4 is 0 Å². The first-order chi connectivity index (χ1) is 9.43. The summed E-state index contributed by atoms with van der Waals surface area (Å²) >= 11 is 6.60. The minimum absolute atomic E-state index is 0.0284. The summed E-state index contributed by atoms with van der Waals surface area (Å²) in [6.45, 7) is 10.3. The van der Waals surface area contributed by atoms with Crippen LogP contribution in [0.4, 0.5) is 0 Å². The molecule has 0 aromatic heterocycles. The lowest BCUT2D eigenvalue weighted by atomic mass is 9.99. The average Bonchev–Trinajstić information content (AvgIpc) is 2.62. The summed E-state index contributed by atoms with van der Waals surface area (Å²) in [6, 6.07) is 4.26. The Balaban J connectivity index is 2.40. The Labute approximate surface area is 129 Å². The summed E-state index contributed by atoms with van der Waals surface area (Å²) < 4.78 is 0.601. The number of benzene rings is 1. The third-order valence-corrected chi connectivity index (χ3v) is 4.58. The van der Waals surface area contributed by atoms with E-state index in [1.807, 2.05) is 6.08 Å². The molecular weight excluding hydrogens is 286 g/mol. The molecule has 104 valence electrons. The van der Waals surface area contributed by atoms with Crippen LogP contribution >= 0.6 is 24.0 Å². The van der Waals surface area contributed by atoms with Crippen molar-refractivity contribution in [3.63, 3.8) is 0 Å². The van der Waals surface area contributed by atoms with Crippen molar-refractivity contribution in [1.29, 1.82) is 0 Å². The number of carbonyl (C=O) groups is 1. The number of thioether (sulfide) groups is 1. The van der Waals surface area contributed by atoms with E-state index in [9.17, 15) is 4.79 Å². The predicted molar refractivity (Wildman–Crippen MR) is 90.7 cm³/mol. The number of nitrogens with zero attached hydrogens (tertiary/aromatic N) is 1. The summed E-state index contributed by atoms with van der Waals surface area (Å²) in [7, 11) is 0. The molecule has 0 bridgehead atoms. The van der Waals surface area contributed by atoms with Gasteiger partial charge in [-0.25, -0.2) is 0 Å². The second-order valence-corrected chi connectivity index (χ2v) is 6.57. The van der Waals surface area contributed by atoms with Crippen molar-refractivity contribution in [1.82, 2.24) is 4.90 Å². The molecule has 2 rings (SSSR count). The van der Waals surface area contributed by atoms with Crippen LogP contribution in [0.15, 0.2) is 29.7 Å². The van der Waals surface area contributed by atoms with Crippen molar-refractivity contribution in [2.24, 2.45) is 0 Å². The van der Waals surface area contributed by atoms with Gasteiger partial charge >= 0.3 is 0 Å². The molecule has 0 aliphatic carbocycles. The number of aryl methyl sites for hydroxylation is 3. The van der Waals surface area contributed by atoms with E-state index in [2.05, 4.69) is 39.5 Å². The molecular formula is C16H17NOS2. The van der Waals surface area contributed by atoms with E-state index in [0.29, 0.717) is 15.8 Å². The van der Waals surface area contributed by atoms with Crippen LogP contribution in [0.1, 0.15) is 22.3 Å². The highest BCUT2D eigenvalue weighted by Crippen LogP contribution is 2.33. The maximum Gasteiger partial charge on any atom is 0.266 e. The van der Waals surface area contributed by atoms with Gasteiger partial charge in [-0.05, 0) is 43.5 Å². The zero-order valence-electron chi connectivity index (χ0n) is 11.9. The number of thiocarbonyl (C=S) groups is 1. The normalized spacial score (nSPS) is 17.1. The molecule has 4 heteroatoms. The molecule has 1 heterocycles. The van der Waals surface area contributed by atoms with Gasteiger partial charge in [0, 0.05) is 6.54 Å². The number of amides is 1. The molecule has 1 saturated heterocycles. The summed E-state index contributed by atoms with van der Waals surface area (Å²) in [4.78, 5) is 14.6. The minimum Gasteiger partial charge on any atom is -0.289 e. The quantitative estimate of drug-likeness (QED) is 0.478. The molecule has 0 saturated carbocycles. The lowest BCUT2D eigenvalue weighted by molar-refractivity contribution is -0.121. The lowest BCUT2D eigenvalue weighted by Gasteiger charge is -2.10. The van der Waals surface area contributed by atoms with Crippen molar-refractivity contribution in [2.45, 2.75) is 20.8 Å². The van der Waals surface area contributed by atoms with Gasteiger partial charge < -0.3 is 0 Å². The smallest absolute Gasteiger partial charge is 0.266 e. The molecule has 1 aliphatic rings. The van der Waals surface area contributed by atoms with Crippen LogP contribution in [-0.4, -0.2) is 21.7 Å². The Hall–Kier alpha value is -1.39. The number of hydrogen-bond donors (Lipinski definition) is 0. The fourth-order valence-corrected chi connectivity index (χ4v) is 3.59. The fourth-order valence-electron chi connectivity index (χ4n) is 2.34. The lowest BCUT2D eigenvalue weighted by Crippen LogP contribution is -2.27. The van der Waals surface area contributed by atoms with E-state index in [4.69, 9.17) is 12.2 Å². The molecule has 0 spiro atoms. The van der Waals surface area contributed by atoms with Crippen LogP contribution in [0.25, 0.3) is 6.08 Å². The zero-order chi connectivity index (χ0) is 14.9. The van der Waals surface area contributed by atoms with Crippen molar-refractivity contribution in [3.8, 4) is 0 Å². The van der Waals surface area contributed by atoms with Crippen LogP contribution in [0.2, 0.25) is 0 Å². The predicted octanol–water partition coefficient (Wildman–Crippen LogP) is 4.00. The molecule has 1 fully saturated rings. The Kier molecular flexibility index (Phi) is 4.45. The Bertz CT molecular complexity index is 608. The van der Waals surface area contributed by atoms with Crippen molar-refractivity contribution >= 4 is 40.3 Å². The second kappa shape index (κ2) is 5.94. The highest BCUT2D eigenvalue weighted by atomic mass is 32.2. The number of rotatable bonds is 3. The van der Waals surface area contributed by atoms with Gasteiger partial charge in [0.05, 0.1) is 4.91 Å². The minimum atomic E-state index is -0.0284. The van der Waals surface area contributed by atoms with Crippen molar-refractivity contribution in [3.05, 3.63) is 51.9 Å². The van der Waals surface area contributed by atoms with Crippen molar-refractivity contribution < 1.29 is 4.79 Å². The third-order valence-electron chi connectivity index (χ3n) is 3.20. The van der Waals surface area contributed by atoms with Gasteiger partial charge in [0.1, 0.15) is 4.32 Å². The van der Waals surface area contributed by atoms with Crippen LogP contribution in [0, 0.1) is 20.8 Å². The molecule has 1 aliphatic heterocycles. The third kappa shape index (κ3) is 2.86. The highest BCUT2D eigenvalue weighted by Gasteiger charge is 2.31. The Morgan fingerprint density at radius 3 is 2.45 bits per heavy atom. The maximum absolute atomic E-state index is 12.3. The van der Waals surface area contributed by atoms with E-state index in [1.54, 1.807) is 11.0 Å². The Morgan fingerprint density at radius 2 is 1.90 bits per heavy atom. The maximum atomic E-state index is 12.3. The van der Waals surface area contributed by atoms with Crippen LogP contribution in [0.3, 0.4) is 0 Å². The zero-order valence-corrected chi connectivity index (χ0v) is 13.5. The first-order valence-electron chi connectivity index (χ1n) is 6.38. The standard InChI is InChI=1S/C16H17NOS2/c1-5-6-17-15(18)14(20-16(17)19)9-13-11(3)7-10(2)8-12(13)4/h5,7-9H,1,6H2,2-4H3/b14-9+. The van der Waals surface area contributed by atoms with Crippen LogP contribution in [-0.2, 0) is 4.79 Å². The molecule has 1 aromatic rings. The van der Waals surface area contributed by atoms with Gasteiger partial charge in [0.2, 0.25) is 0 Å². The van der Waals surface area contributed by atoms with E-state index >= 15 is 0 Å². The molecule has 20 heavy (non-hydrogen) atoms. The summed E-state index contributed by atoms with van der Waals surface area (Å²) in [5, 5.41) is 0. The van der Waals surface area contributed by atoms with Crippen molar-refractivity contribution in [2.75, 3.05) is 6.54 Å². The topological polar surface area (TPSA) is 20.3 Å². The monoisotopic (exact) mass is 303 g/mol.